The van der Waals surface area contributed by atoms with Crippen molar-refractivity contribution in [2.75, 3.05) is 4.90 Å². The molecular weight excluding hydrogens is 369 g/mol. The number of anilines is 1. The summed E-state index contributed by atoms with van der Waals surface area (Å²) in [7, 11) is 1.82. The number of hydrogen-bond donors (Lipinski definition) is 1. The fourth-order valence-corrected chi connectivity index (χ4v) is 2.86. The highest BCUT2D eigenvalue weighted by molar-refractivity contribution is 7.80. The molecule has 1 aromatic heterocycles. The third-order valence-electron chi connectivity index (χ3n) is 3.54. The summed E-state index contributed by atoms with van der Waals surface area (Å²) in [5.74, 6) is -1.06. The van der Waals surface area contributed by atoms with Gasteiger partial charge in [-0.05, 0) is 48.6 Å². The molecule has 0 unspecified atom stereocenters. The van der Waals surface area contributed by atoms with Gasteiger partial charge in [0, 0.05) is 18.9 Å². The van der Waals surface area contributed by atoms with Crippen molar-refractivity contribution in [1.82, 2.24) is 9.88 Å². The Morgan fingerprint density at radius 1 is 1.17 bits per heavy atom. The first-order valence-corrected chi connectivity index (χ1v) is 8.03. The van der Waals surface area contributed by atoms with Crippen molar-refractivity contribution in [3.63, 3.8) is 0 Å². The van der Waals surface area contributed by atoms with Crippen LogP contribution in [0.3, 0.4) is 0 Å². The third-order valence-corrected chi connectivity index (χ3v) is 4.56. The van der Waals surface area contributed by atoms with E-state index in [2.05, 4.69) is 5.32 Å². The van der Waals surface area contributed by atoms with E-state index >= 15 is 0 Å². The average molecular weight is 380 g/mol. The van der Waals surface area contributed by atoms with Crippen LogP contribution in [-0.2, 0) is 16.6 Å². The van der Waals surface area contributed by atoms with E-state index in [-0.39, 0.29) is 15.7 Å². The molecule has 2 aromatic rings. The molecule has 0 bridgehead atoms. The quantitative estimate of drug-likeness (QED) is 0.495. The first-order valence-electron chi connectivity index (χ1n) is 6.86. The number of thiocarbonyl (C=S) groups is 1. The van der Waals surface area contributed by atoms with Gasteiger partial charge in [-0.1, -0.05) is 23.2 Å². The Balaban J connectivity index is 2.04. The van der Waals surface area contributed by atoms with E-state index in [1.807, 2.05) is 19.3 Å². The van der Waals surface area contributed by atoms with Crippen LogP contribution >= 0.6 is 35.4 Å². The van der Waals surface area contributed by atoms with E-state index in [1.54, 1.807) is 22.8 Å². The van der Waals surface area contributed by atoms with Crippen molar-refractivity contribution in [1.29, 1.82) is 0 Å². The van der Waals surface area contributed by atoms with Gasteiger partial charge in [-0.3, -0.25) is 19.8 Å². The maximum absolute atomic E-state index is 12.8. The summed E-state index contributed by atoms with van der Waals surface area (Å²) in [6.07, 6.45) is 3.34. The molecule has 1 saturated heterocycles. The average Bonchev–Trinajstić information content (AvgIpc) is 2.92. The third kappa shape index (κ3) is 2.96. The zero-order valence-corrected chi connectivity index (χ0v) is 14.7. The van der Waals surface area contributed by atoms with Crippen LogP contribution in [0, 0.1) is 0 Å². The van der Waals surface area contributed by atoms with Crippen LogP contribution in [0.15, 0.2) is 42.1 Å². The van der Waals surface area contributed by atoms with Crippen LogP contribution in [0.5, 0.6) is 0 Å². The summed E-state index contributed by atoms with van der Waals surface area (Å²) < 4.78 is 1.80. The van der Waals surface area contributed by atoms with Crippen molar-refractivity contribution in [3.8, 4) is 0 Å². The molecule has 1 aromatic carbocycles. The number of nitrogens with one attached hydrogen (secondary N) is 1. The number of rotatable bonds is 2. The van der Waals surface area contributed by atoms with Crippen molar-refractivity contribution >= 4 is 64.1 Å². The molecule has 122 valence electrons. The number of benzene rings is 1. The molecule has 0 atom stereocenters. The van der Waals surface area contributed by atoms with Gasteiger partial charge in [0.1, 0.15) is 5.57 Å². The van der Waals surface area contributed by atoms with Crippen LogP contribution < -0.4 is 10.2 Å². The number of carbonyl (C=O) groups is 2. The lowest BCUT2D eigenvalue weighted by Gasteiger charge is -2.29. The number of aromatic nitrogens is 1. The van der Waals surface area contributed by atoms with Crippen molar-refractivity contribution in [2.45, 2.75) is 0 Å². The molecule has 2 amide bonds. The first-order chi connectivity index (χ1) is 11.4. The Kier molecular flexibility index (Phi) is 4.45. The van der Waals surface area contributed by atoms with E-state index in [1.165, 1.54) is 17.0 Å². The topological polar surface area (TPSA) is 54.3 Å². The van der Waals surface area contributed by atoms with Gasteiger partial charge in [0.15, 0.2) is 5.11 Å². The van der Waals surface area contributed by atoms with Gasteiger partial charge in [0.25, 0.3) is 11.8 Å². The second kappa shape index (κ2) is 6.39. The molecule has 3 rings (SSSR count). The minimum absolute atomic E-state index is 0.00702. The van der Waals surface area contributed by atoms with Crippen LogP contribution in [0.2, 0.25) is 10.0 Å². The molecule has 2 heterocycles. The Hall–Kier alpha value is -2.15. The van der Waals surface area contributed by atoms with Crippen molar-refractivity contribution in [2.24, 2.45) is 7.05 Å². The minimum Gasteiger partial charge on any atom is -0.351 e. The predicted molar refractivity (Wildman–Crippen MR) is 98.1 cm³/mol. The first kappa shape index (κ1) is 16.7. The number of carbonyl (C=O) groups excluding carboxylic acids is 2. The molecule has 0 spiro atoms. The molecule has 0 radical (unpaired) electrons. The van der Waals surface area contributed by atoms with E-state index in [9.17, 15) is 9.59 Å². The lowest BCUT2D eigenvalue weighted by Crippen LogP contribution is -2.54. The summed E-state index contributed by atoms with van der Waals surface area (Å²) in [5.41, 5.74) is 1.13. The van der Waals surface area contributed by atoms with Crippen LogP contribution in [0.25, 0.3) is 6.08 Å². The molecule has 5 nitrogen and oxygen atoms in total. The van der Waals surface area contributed by atoms with E-state index in [0.29, 0.717) is 10.7 Å². The van der Waals surface area contributed by atoms with Crippen LogP contribution in [0.4, 0.5) is 5.69 Å². The Morgan fingerprint density at radius 3 is 2.54 bits per heavy atom. The van der Waals surface area contributed by atoms with Crippen molar-refractivity contribution in [3.05, 3.63) is 57.8 Å². The second-order valence-electron chi connectivity index (χ2n) is 5.10. The molecule has 24 heavy (non-hydrogen) atoms. The fraction of sp³-hybridized carbons (Fsp3) is 0.0625. The predicted octanol–water partition coefficient (Wildman–Crippen LogP) is 3.16. The number of amides is 2. The SMILES string of the molecule is Cn1cccc1C=C1C(=O)NC(=S)N(c2ccc(Cl)c(Cl)c2)C1=O. The van der Waals surface area contributed by atoms with E-state index < -0.39 is 11.8 Å². The summed E-state index contributed by atoms with van der Waals surface area (Å²) in [4.78, 5) is 26.2. The maximum Gasteiger partial charge on any atom is 0.270 e. The zero-order chi connectivity index (χ0) is 17.4. The molecule has 0 aliphatic carbocycles. The van der Waals surface area contributed by atoms with Gasteiger partial charge >= 0.3 is 0 Å². The molecule has 1 aliphatic heterocycles. The molecule has 0 saturated carbocycles. The number of hydrogen-bond acceptors (Lipinski definition) is 3. The van der Waals surface area contributed by atoms with Gasteiger partial charge in [-0.2, -0.15) is 0 Å². The van der Waals surface area contributed by atoms with Gasteiger partial charge in [-0.15, -0.1) is 0 Å². The smallest absolute Gasteiger partial charge is 0.270 e. The summed E-state index contributed by atoms with van der Waals surface area (Å²) in [5, 5.41) is 3.16. The monoisotopic (exact) mass is 379 g/mol. The Bertz CT molecular complexity index is 904. The molecule has 1 fully saturated rings. The second-order valence-corrected chi connectivity index (χ2v) is 6.30. The summed E-state index contributed by atoms with van der Waals surface area (Å²) in [6, 6.07) is 8.30. The Labute approximate surface area is 153 Å². The summed E-state index contributed by atoms with van der Waals surface area (Å²) in [6.45, 7) is 0. The van der Waals surface area contributed by atoms with E-state index in [0.717, 1.165) is 5.69 Å². The van der Waals surface area contributed by atoms with Gasteiger partial charge in [0.05, 0.1) is 15.7 Å². The highest BCUT2D eigenvalue weighted by Gasteiger charge is 2.34. The lowest BCUT2D eigenvalue weighted by atomic mass is 10.1. The molecule has 1 aliphatic rings. The molecule has 1 N–H and O–H groups in total. The number of aryl methyl sites for hydroxylation is 1. The van der Waals surface area contributed by atoms with Crippen LogP contribution in [-0.4, -0.2) is 21.5 Å². The maximum atomic E-state index is 12.8. The highest BCUT2D eigenvalue weighted by Crippen LogP contribution is 2.29. The normalized spacial score (nSPS) is 16.7. The largest absolute Gasteiger partial charge is 0.351 e. The summed E-state index contributed by atoms with van der Waals surface area (Å²) >= 11 is 17.0. The number of halogens is 2. The highest BCUT2D eigenvalue weighted by atomic mass is 35.5. The lowest BCUT2D eigenvalue weighted by molar-refractivity contribution is -0.122. The number of nitrogens with zero attached hydrogens (tertiary/aromatic N) is 2. The fourth-order valence-electron chi connectivity index (χ4n) is 2.29. The van der Waals surface area contributed by atoms with Crippen LogP contribution in [0.1, 0.15) is 5.69 Å². The molecule has 8 heteroatoms. The zero-order valence-electron chi connectivity index (χ0n) is 12.4. The Morgan fingerprint density at radius 2 is 1.92 bits per heavy atom. The minimum atomic E-state index is -0.539. The van der Waals surface area contributed by atoms with Gasteiger partial charge in [0.2, 0.25) is 0 Å². The van der Waals surface area contributed by atoms with Gasteiger partial charge < -0.3 is 4.57 Å². The van der Waals surface area contributed by atoms with Gasteiger partial charge in [-0.25, -0.2) is 0 Å². The molecular formula is C16H11Cl2N3O2S. The standard InChI is InChI=1S/C16H11Cl2N3O2S/c1-20-6-2-3-9(20)7-11-14(22)19-16(24)21(15(11)23)10-4-5-12(17)13(18)8-10/h2-8H,1H3,(H,19,22,24). The van der Waals surface area contributed by atoms with E-state index in [4.69, 9.17) is 35.4 Å². The van der Waals surface area contributed by atoms with Crippen molar-refractivity contribution < 1.29 is 9.59 Å².